The van der Waals surface area contributed by atoms with Crippen LogP contribution in [0.1, 0.15) is 25.8 Å². The van der Waals surface area contributed by atoms with Crippen molar-refractivity contribution in [2.45, 2.75) is 32.7 Å². The van der Waals surface area contributed by atoms with Crippen LogP contribution in [0.3, 0.4) is 0 Å². The summed E-state index contributed by atoms with van der Waals surface area (Å²) < 4.78 is 0. The maximum atomic E-state index is 11.2. The Morgan fingerprint density at radius 2 is 2.31 bits per heavy atom. The Balaban J connectivity index is 2.28. The van der Waals surface area contributed by atoms with Crippen LogP contribution in [0.2, 0.25) is 5.02 Å². The Morgan fingerprint density at radius 1 is 1.56 bits per heavy atom. The van der Waals surface area contributed by atoms with Crippen LogP contribution in [-0.4, -0.2) is 11.9 Å². The van der Waals surface area contributed by atoms with E-state index in [-0.39, 0.29) is 5.91 Å². The second-order valence-electron chi connectivity index (χ2n) is 4.17. The van der Waals surface area contributed by atoms with Gasteiger partial charge in [0.25, 0.3) is 0 Å². The molecule has 1 unspecified atom stereocenters. The number of anilines is 2. The van der Waals surface area contributed by atoms with Crippen LogP contribution >= 0.6 is 11.6 Å². The number of fused-ring (bicyclic) bond motifs is 1. The third kappa shape index (κ3) is 2.14. The van der Waals surface area contributed by atoms with Gasteiger partial charge in [-0.05, 0) is 31.0 Å². The van der Waals surface area contributed by atoms with Crippen molar-refractivity contribution < 1.29 is 4.79 Å². The molecule has 1 aliphatic rings. The topological polar surface area (TPSA) is 41.1 Å². The molecule has 0 fully saturated rings. The van der Waals surface area contributed by atoms with Gasteiger partial charge in [-0.25, -0.2) is 0 Å². The molecule has 2 N–H and O–H groups in total. The number of carbonyl (C=O) groups is 1. The highest BCUT2D eigenvalue weighted by atomic mass is 35.5. The number of hydrogen-bond donors (Lipinski definition) is 2. The van der Waals surface area contributed by atoms with Gasteiger partial charge < -0.3 is 10.6 Å². The molecule has 1 aromatic rings. The molecule has 0 saturated heterocycles. The van der Waals surface area contributed by atoms with Crippen molar-refractivity contribution in [3.05, 3.63) is 22.7 Å². The largest absolute Gasteiger partial charge is 0.381 e. The molecular formula is C12H15ClN2O. The molecule has 0 spiro atoms. The Labute approximate surface area is 100 Å². The van der Waals surface area contributed by atoms with E-state index in [0.29, 0.717) is 17.5 Å². The third-order valence-electron chi connectivity index (χ3n) is 2.83. The first kappa shape index (κ1) is 11.3. The summed E-state index contributed by atoms with van der Waals surface area (Å²) in [5, 5.41) is 6.77. The maximum Gasteiger partial charge on any atom is 0.228 e. The minimum atomic E-state index is 0.0340. The van der Waals surface area contributed by atoms with Crippen LogP contribution in [-0.2, 0) is 11.2 Å². The van der Waals surface area contributed by atoms with Gasteiger partial charge in [-0.1, -0.05) is 18.5 Å². The molecule has 1 atom stereocenters. The summed E-state index contributed by atoms with van der Waals surface area (Å²) in [6.45, 7) is 4.22. The van der Waals surface area contributed by atoms with Crippen molar-refractivity contribution in [3.63, 3.8) is 0 Å². The van der Waals surface area contributed by atoms with E-state index < -0.39 is 0 Å². The van der Waals surface area contributed by atoms with Crippen LogP contribution in [0, 0.1) is 0 Å². The first-order valence-corrected chi connectivity index (χ1v) is 5.86. The van der Waals surface area contributed by atoms with Gasteiger partial charge in [-0.15, -0.1) is 0 Å². The lowest BCUT2D eigenvalue weighted by Gasteiger charge is -2.15. The normalized spacial score (nSPS) is 15.6. The van der Waals surface area contributed by atoms with Crippen molar-refractivity contribution >= 4 is 28.9 Å². The van der Waals surface area contributed by atoms with E-state index in [1.165, 1.54) is 0 Å². The van der Waals surface area contributed by atoms with Crippen LogP contribution in [0.25, 0.3) is 0 Å². The number of hydrogen-bond acceptors (Lipinski definition) is 2. The zero-order valence-corrected chi connectivity index (χ0v) is 10.2. The Hall–Kier alpha value is -1.22. The van der Waals surface area contributed by atoms with Crippen molar-refractivity contribution in [1.82, 2.24) is 0 Å². The highest BCUT2D eigenvalue weighted by Crippen LogP contribution is 2.33. The summed E-state index contributed by atoms with van der Waals surface area (Å²) in [7, 11) is 0. The molecule has 0 saturated carbocycles. The summed E-state index contributed by atoms with van der Waals surface area (Å²) >= 11 is 6.14. The number of carbonyl (C=O) groups excluding carboxylic acids is 1. The molecular weight excluding hydrogens is 224 g/mol. The molecule has 1 aliphatic heterocycles. The van der Waals surface area contributed by atoms with E-state index in [2.05, 4.69) is 24.5 Å². The van der Waals surface area contributed by atoms with Crippen LogP contribution < -0.4 is 10.6 Å². The molecule has 0 aromatic heterocycles. The molecule has 86 valence electrons. The molecule has 1 amide bonds. The fraction of sp³-hybridized carbons (Fsp3) is 0.417. The van der Waals surface area contributed by atoms with Crippen LogP contribution in [0.15, 0.2) is 12.1 Å². The lowest BCUT2D eigenvalue weighted by atomic mass is 10.1. The van der Waals surface area contributed by atoms with E-state index in [9.17, 15) is 4.79 Å². The standard InChI is InChI=1S/C12H15ClN2O/c1-3-7(2)14-11-4-8-5-12(16)15-10(8)6-9(11)13/h4,6-7,14H,3,5H2,1-2H3,(H,15,16). The maximum absolute atomic E-state index is 11.2. The molecule has 0 bridgehead atoms. The lowest BCUT2D eigenvalue weighted by Crippen LogP contribution is -2.13. The average molecular weight is 239 g/mol. The molecule has 2 rings (SSSR count). The summed E-state index contributed by atoms with van der Waals surface area (Å²) in [4.78, 5) is 11.2. The quantitative estimate of drug-likeness (QED) is 0.850. The fourth-order valence-electron chi connectivity index (χ4n) is 1.73. The number of benzene rings is 1. The van der Waals surface area contributed by atoms with E-state index in [1.807, 2.05) is 12.1 Å². The zero-order valence-electron chi connectivity index (χ0n) is 9.43. The van der Waals surface area contributed by atoms with Crippen molar-refractivity contribution in [3.8, 4) is 0 Å². The summed E-state index contributed by atoms with van der Waals surface area (Å²) in [5.74, 6) is 0.0340. The monoisotopic (exact) mass is 238 g/mol. The van der Waals surface area contributed by atoms with E-state index in [1.54, 1.807) is 0 Å². The van der Waals surface area contributed by atoms with Gasteiger partial charge in [0.05, 0.1) is 17.1 Å². The minimum Gasteiger partial charge on any atom is -0.381 e. The van der Waals surface area contributed by atoms with Gasteiger partial charge in [-0.3, -0.25) is 4.79 Å². The fourth-order valence-corrected chi connectivity index (χ4v) is 1.94. The Kier molecular flexibility index (Phi) is 3.06. The van der Waals surface area contributed by atoms with Gasteiger partial charge in [0.1, 0.15) is 0 Å². The first-order valence-electron chi connectivity index (χ1n) is 5.49. The van der Waals surface area contributed by atoms with Crippen LogP contribution in [0.4, 0.5) is 11.4 Å². The third-order valence-corrected chi connectivity index (χ3v) is 3.14. The molecule has 0 aliphatic carbocycles. The Bertz CT molecular complexity index is 431. The molecule has 3 nitrogen and oxygen atoms in total. The van der Waals surface area contributed by atoms with Gasteiger partial charge in [0, 0.05) is 11.7 Å². The highest BCUT2D eigenvalue weighted by molar-refractivity contribution is 6.33. The summed E-state index contributed by atoms with van der Waals surface area (Å²) in [5.41, 5.74) is 2.76. The molecule has 1 heterocycles. The van der Waals surface area contributed by atoms with Gasteiger partial charge in [0.2, 0.25) is 5.91 Å². The molecule has 4 heteroatoms. The van der Waals surface area contributed by atoms with Gasteiger partial charge >= 0.3 is 0 Å². The molecule has 16 heavy (non-hydrogen) atoms. The molecule has 0 radical (unpaired) electrons. The van der Waals surface area contributed by atoms with Crippen molar-refractivity contribution in [2.75, 3.05) is 10.6 Å². The van der Waals surface area contributed by atoms with Crippen molar-refractivity contribution in [2.24, 2.45) is 0 Å². The van der Waals surface area contributed by atoms with Gasteiger partial charge in [-0.2, -0.15) is 0 Å². The zero-order chi connectivity index (χ0) is 11.7. The van der Waals surface area contributed by atoms with E-state index in [0.717, 1.165) is 23.4 Å². The number of halogens is 1. The summed E-state index contributed by atoms with van der Waals surface area (Å²) in [6.07, 6.45) is 1.48. The Morgan fingerprint density at radius 3 is 3.00 bits per heavy atom. The summed E-state index contributed by atoms with van der Waals surface area (Å²) in [6, 6.07) is 4.15. The SMILES string of the molecule is CCC(C)Nc1cc2c(cc1Cl)NC(=O)C2. The predicted molar refractivity (Wildman–Crippen MR) is 67.2 cm³/mol. The van der Waals surface area contributed by atoms with E-state index >= 15 is 0 Å². The highest BCUT2D eigenvalue weighted by Gasteiger charge is 2.19. The van der Waals surface area contributed by atoms with E-state index in [4.69, 9.17) is 11.6 Å². The van der Waals surface area contributed by atoms with Crippen LogP contribution in [0.5, 0.6) is 0 Å². The molecule has 1 aromatic carbocycles. The predicted octanol–water partition coefficient (Wildman–Crippen LogP) is 3.04. The second-order valence-corrected chi connectivity index (χ2v) is 4.57. The first-order chi connectivity index (χ1) is 7.60. The number of rotatable bonds is 3. The average Bonchev–Trinajstić information content (AvgIpc) is 2.58. The van der Waals surface area contributed by atoms with Crippen molar-refractivity contribution in [1.29, 1.82) is 0 Å². The second kappa shape index (κ2) is 4.34. The number of nitrogens with one attached hydrogen (secondary N) is 2. The number of amides is 1. The lowest BCUT2D eigenvalue weighted by molar-refractivity contribution is -0.115. The minimum absolute atomic E-state index is 0.0340. The smallest absolute Gasteiger partial charge is 0.228 e. The van der Waals surface area contributed by atoms with Gasteiger partial charge in [0.15, 0.2) is 0 Å².